The van der Waals surface area contributed by atoms with Crippen molar-refractivity contribution in [2.75, 3.05) is 10.5 Å². The predicted octanol–water partition coefficient (Wildman–Crippen LogP) is 4.61. The zero-order chi connectivity index (χ0) is 19.1. The third kappa shape index (κ3) is 3.44. The number of halogens is 4. The highest BCUT2D eigenvalue weighted by Gasteiger charge is 2.35. The standard InChI is InChI=1S/C16H16ClF3N4OS/c1-2-13-11-5-9(8-25)3-4-14(11)23(24(13)26)22-15-12(17)6-10(7-21-15)16(18,19)20/h3-7,13,25-26H,2,8H2,1H3,(H,21,22)/t13-/m0/s1. The van der Waals surface area contributed by atoms with E-state index in [1.165, 1.54) is 0 Å². The van der Waals surface area contributed by atoms with Crippen molar-refractivity contribution in [2.45, 2.75) is 32.2 Å². The van der Waals surface area contributed by atoms with Crippen molar-refractivity contribution in [3.63, 3.8) is 0 Å². The van der Waals surface area contributed by atoms with Crippen molar-refractivity contribution < 1.29 is 18.3 Å². The largest absolute Gasteiger partial charge is 0.417 e. The number of rotatable bonds is 4. The van der Waals surface area contributed by atoms with E-state index < -0.39 is 11.7 Å². The van der Waals surface area contributed by atoms with Crippen LogP contribution in [0, 0.1) is 0 Å². The molecule has 0 amide bonds. The van der Waals surface area contributed by atoms with Crippen LogP contribution in [-0.2, 0) is 12.8 Å². The van der Waals surface area contributed by atoms with E-state index in [2.05, 4.69) is 23.2 Å². The van der Waals surface area contributed by atoms with Crippen molar-refractivity contribution in [1.82, 2.24) is 9.40 Å². The topological polar surface area (TPSA) is 51.6 Å². The van der Waals surface area contributed by atoms with E-state index in [1.807, 2.05) is 13.0 Å². The van der Waals surface area contributed by atoms with Gasteiger partial charge in [-0.2, -0.15) is 13.2 Å². The second-order valence-corrected chi connectivity index (χ2v) is 6.59. The van der Waals surface area contributed by atoms with Gasteiger partial charge in [0.05, 0.1) is 28.9 Å². The van der Waals surface area contributed by atoms with Crippen molar-refractivity contribution in [3.8, 4) is 0 Å². The van der Waals surface area contributed by atoms with Crippen LogP contribution in [0.25, 0.3) is 0 Å². The molecular weight excluding hydrogens is 389 g/mol. The summed E-state index contributed by atoms with van der Waals surface area (Å²) in [7, 11) is 0. The second kappa shape index (κ2) is 7.15. The maximum atomic E-state index is 12.8. The Balaban J connectivity index is 1.94. The van der Waals surface area contributed by atoms with Crippen molar-refractivity contribution >= 4 is 35.9 Å². The van der Waals surface area contributed by atoms with Gasteiger partial charge in [-0.1, -0.05) is 37.4 Å². The number of alkyl halides is 3. The summed E-state index contributed by atoms with van der Waals surface area (Å²) in [5, 5.41) is 10.7. The number of hydrogen-bond donors (Lipinski definition) is 3. The number of hydrazine groups is 2. The van der Waals surface area contributed by atoms with Gasteiger partial charge in [-0.05, 0) is 35.7 Å². The van der Waals surface area contributed by atoms with Gasteiger partial charge < -0.3 is 5.11 Å². The van der Waals surface area contributed by atoms with Crippen molar-refractivity contribution in [3.05, 3.63) is 52.2 Å². The monoisotopic (exact) mass is 404 g/mol. The minimum absolute atomic E-state index is 0.0765. The van der Waals surface area contributed by atoms with Gasteiger partial charge >= 0.3 is 6.18 Å². The first-order valence-electron chi connectivity index (χ1n) is 7.77. The number of nitrogens with zero attached hydrogens (tertiary/aromatic N) is 3. The zero-order valence-electron chi connectivity index (χ0n) is 13.6. The van der Waals surface area contributed by atoms with Crippen LogP contribution < -0.4 is 10.5 Å². The van der Waals surface area contributed by atoms with Gasteiger partial charge in [0.25, 0.3) is 0 Å². The zero-order valence-corrected chi connectivity index (χ0v) is 15.3. The van der Waals surface area contributed by atoms with Crippen LogP contribution in [0.5, 0.6) is 0 Å². The number of aliphatic hydroxyl groups is 1. The Morgan fingerprint density at radius 2 is 2.08 bits per heavy atom. The Bertz CT molecular complexity index is 821. The van der Waals surface area contributed by atoms with E-state index in [-0.39, 0.29) is 23.5 Å². The first kappa shape index (κ1) is 19.1. The summed E-state index contributed by atoms with van der Waals surface area (Å²) >= 11 is 10.5. The molecule has 0 aliphatic carbocycles. The molecule has 2 N–H and O–H groups in total. The highest BCUT2D eigenvalue weighted by Crippen LogP contribution is 2.43. The molecule has 1 aliphatic rings. The molecule has 0 radical (unpaired) electrons. The van der Waals surface area contributed by atoms with Crippen molar-refractivity contribution in [2.24, 2.45) is 0 Å². The molecule has 1 aliphatic heterocycles. The van der Waals surface area contributed by atoms with Gasteiger partial charge in [-0.3, -0.25) is 5.43 Å². The Morgan fingerprint density at radius 3 is 2.65 bits per heavy atom. The van der Waals surface area contributed by atoms with E-state index in [0.717, 1.165) is 35.5 Å². The average Bonchev–Trinajstić information content (AvgIpc) is 2.86. The molecular formula is C16H16ClF3N4OS. The minimum Gasteiger partial charge on any atom is -0.392 e. The van der Waals surface area contributed by atoms with Gasteiger partial charge in [-0.25, -0.2) is 10.1 Å². The van der Waals surface area contributed by atoms with Crippen LogP contribution in [0.15, 0.2) is 30.5 Å². The Labute approximate surface area is 158 Å². The predicted molar refractivity (Wildman–Crippen MR) is 96.6 cm³/mol. The molecule has 140 valence electrons. The van der Waals surface area contributed by atoms with Crippen LogP contribution in [0.4, 0.5) is 24.7 Å². The first-order valence-corrected chi connectivity index (χ1v) is 8.55. The Hall–Kier alpha value is -1.68. The highest BCUT2D eigenvalue weighted by atomic mass is 35.5. The maximum absolute atomic E-state index is 12.8. The fourth-order valence-corrected chi connectivity index (χ4v) is 3.44. The maximum Gasteiger partial charge on any atom is 0.417 e. The highest BCUT2D eigenvalue weighted by molar-refractivity contribution is 7.77. The van der Waals surface area contributed by atoms with Gasteiger partial charge in [0.15, 0.2) is 5.82 Å². The van der Waals surface area contributed by atoms with Gasteiger partial charge in [0.1, 0.15) is 0 Å². The van der Waals surface area contributed by atoms with E-state index in [1.54, 1.807) is 21.7 Å². The first-order chi connectivity index (χ1) is 12.3. The van der Waals surface area contributed by atoms with Crippen LogP contribution in [0.1, 0.15) is 36.1 Å². The molecule has 0 saturated heterocycles. The quantitative estimate of drug-likeness (QED) is 0.650. The number of hydrogen-bond acceptors (Lipinski definition) is 6. The van der Waals surface area contributed by atoms with Gasteiger partial charge in [0.2, 0.25) is 0 Å². The molecule has 0 unspecified atom stereocenters. The van der Waals surface area contributed by atoms with Gasteiger partial charge in [0, 0.05) is 6.20 Å². The van der Waals surface area contributed by atoms with E-state index in [9.17, 15) is 18.3 Å². The number of fused-ring (bicyclic) bond motifs is 1. The number of aromatic nitrogens is 1. The van der Waals surface area contributed by atoms with E-state index in [4.69, 9.17) is 11.6 Å². The number of anilines is 2. The number of aliphatic hydroxyl groups excluding tert-OH is 1. The summed E-state index contributed by atoms with van der Waals surface area (Å²) in [4.78, 5) is 3.79. The summed E-state index contributed by atoms with van der Waals surface area (Å²) in [5.74, 6) is 0.0765. The molecule has 2 aromatic rings. The summed E-state index contributed by atoms with van der Waals surface area (Å²) in [6, 6.07) is 6.17. The molecule has 2 heterocycles. The lowest BCUT2D eigenvalue weighted by molar-refractivity contribution is -0.137. The molecule has 1 atom stereocenters. The molecule has 0 bridgehead atoms. The van der Waals surface area contributed by atoms with E-state index in [0.29, 0.717) is 0 Å². The molecule has 1 aromatic heterocycles. The van der Waals surface area contributed by atoms with Gasteiger partial charge in [-0.15, -0.1) is 4.41 Å². The molecule has 3 rings (SSSR count). The molecule has 26 heavy (non-hydrogen) atoms. The van der Waals surface area contributed by atoms with Crippen LogP contribution >= 0.6 is 24.4 Å². The number of nitrogens with one attached hydrogen (secondary N) is 1. The second-order valence-electron chi connectivity index (χ2n) is 5.77. The fraction of sp³-hybridized carbons (Fsp3) is 0.312. The van der Waals surface area contributed by atoms with Crippen LogP contribution in [-0.4, -0.2) is 14.5 Å². The third-order valence-corrected chi connectivity index (χ3v) is 4.86. The Kier molecular flexibility index (Phi) is 5.25. The van der Waals surface area contributed by atoms with E-state index >= 15 is 0 Å². The van der Waals surface area contributed by atoms with Crippen molar-refractivity contribution in [1.29, 1.82) is 0 Å². The number of benzene rings is 1. The normalized spacial score (nSPS) is 17.5. The number of thiol groups is 1. The summed E-state index contributed by atoms with van der Waals surface area (Å²) in [5.41, 5.74) is 4.43. The lowest BCUT2D eigenvalue weighted by Crippen LogP contribution is -2.38. The number of pyridine rings is 1. The third-order valence-electron chi connectivity index (χ3n) is 4.11. The summed E-state index contributed by atoms with van der Waals surface area (Å²) in [6.07, 6.45) is -3.06. The summed E-state index contributed by atoms with van der Waals surface area (Å²) in [6.45, 7) is 1.89. The molecule has 1 aromatic carbocycles. The average molecular weight is 405 g/mol. The summed E-state index contributed by atoms with van der Waals surface area (Å²) < 4.78 is 39.9. The lowest BCUT2D eigenvalue weighted by Gasteiger charge is -2.29. The Morgan fingerprint density at radius 1 is 1.35 bits per heavy atom. The molecule has 0 saturated carbocycles. The minimum atomic E-state index is -4.51. The van der Waals surface area contributed by atoms with Crippen LogP contribution in [0.2, 0.25) is 5.02 Å². The molecule has 10 heteroatoms. The smallest absolute Gasteiger partial charge is 0.392 e. The molecule has 0 spiro atoms. The molecule has 0 fully saturated rings. The molecule has 5 nitrogen and oxygen atoms in total. The SMILES string of the molecule is CC[C@H]1c2cc(CO)ccc2N(Nc2ncc(C(F)(F)F)cc2Cl)N1S. The fourth-order valence-electron chi connectivity index (χ4n) is 2.81. The van der Waals surface area contributed by atoms with Crippen LogP contribution in [0.3, 0.4) is 0 Å². The lowest BCUT2D eigenvalue weighted by atomic mass is 10.0.